The lowest BCUT2D eigenvalue weighted by molar-refractivity contribution is -0.174. The van der Waals surface area contributed by atoms with Crippen LogP contribution >= 0.6 is 0 Å². The number of nitrogens with two attached hydrogens (primary N) is 1. The zero-order chi connectivity index (χ0) is 13.9. The van der Waals surface area contributed by atoms with E-state index in [0.29, 0.717) is 6.10 Å². The fourth-order valence-electron chi connectivity index (χ4n) is 1.57. The third kappa shape index (κ3) is 5.08. The van der Waals surface area contributed by atoms with E-state index in [9.17, 15) is 13.2 Å². The molecule has 0 heterocycles. The van der Waals surface area contributed by atoms with E-state index in [4.69, 9.17) is 10.5 Å². The van der Waals surface area contributed by atoms with Gasteiger partial charge in [-0.25, -0.2) is 0 Å². The van der Waals surface area contributed by atoms with E-state index in [2.05, 4.69) is 4.74 Å². The van der Waals surface area contributed by atoms with E-state index >= 15 is 0 Å². The maximum Gasteiger partial charge on any atom is 0.411 e. The quantitative estimate of drug-likeness (QED) is 0.868. The lowest BCUT2D eigenvalue weighted by Gasteiger charge is -2.14. The second kappa shape index (κ2) is 5.79. The van der Waals surface area contributed by atoms with Crippen molar-refractivity contribution in [3.05, 3.63) is 29.8 Å². The number of hydrogen-bond donors (Lipinski definition) is 1. The second-order valence-corrected chi connectivity index (χ2v) is 4.62. The van der Waals surface area contributed by atoms with Crippen molar-refractivity contribution in [2.45, 2.75) is 31.2 Å². The Morgan fingerprint density at radius 2 is 1.84 bits per heavy atom. The molecule has 19 heavy (non-hydrogen) atoms. The largest absolute Gasteiger partial charge is 0.490 e. The molecule has 1 fully saturated rings. The van der Waals surface area contributed by atoms with Gasteiger partial charge in [0.15, 0.2) is 0 Å². The third-order valence-electron chi connectivity index (χ3n) is 2.70. The maximum absolute atomic E-state index is 11.9. The molecule has 1 unspecified atom stereocenters. The Hall–Kier alpha value is -1.27. The molecule has 1 aromatic carbocycles. The molecule has 106 valence electrons. The molecule has 1 aliphatic rings. The number of rotatable bonds is 6. The normalized spacial score (nSPS) is 17.3. The first-order chi connectivity index (χ1) is 8.94. The Morgan fingerprint density at radius 3 is 2.37 bits per heavy atom. The standard InChI is InChI=1S/C13H16F3NO2/c14-13(15,16)8-18-7-12(17)9-1-3-10(4-2-9)19-11-5-6-11/h1-4,11-12H,5-8,17H2. The molecular formula is C13H16F3NO2. The summed E-state index contributed by atoms with van der Waals surface area (Å²) in [5, 5.41) is 0. The SMILES string of the molecule is NC(COCC(F)(F)F)c1ccc(OC2CC2)cc1. The van der Waals surface area contributed by atoms with E-state index in [1.165, 1.54) is 0 Å². The molecule has 1 atom stereocenters. The van der Waals surface area contributed by atoms with Crippen LogP contribution in [0, 0.1) is 0 Å². The highest BCUT2D eigenvalue weighted by atomic mass is 19.4. The van der Waals surface area contributed by atoms with Crippen LogP contribution in [-0.4, -0.2) is 25.5 Å². The predicted octanol–water partition coefficient (Wildman–Crippen LogP) is 2.81. The molecule has 0 radical (unpaired) electrons. The summed E-state index contributed by atoms with van der Waals surface area (Å²) in [5.41, 5.74) is 6.48. The number of halogens is 3. The van der Waals surface area contributed by atoms with Crippen LogP contribution in [0.25, 0.3) is 0 Å². The monoisotopic (exact) mass is 275 g/mol. The van der Waals surface area contributed by atoms with E-state index in [1.807, 2.05) is 0 Å². The molecule has 0 bridgehead atoms. The van der Waals surface area contributed by atoms with Crippen molar-refractivity contribution in [2.24, 2.45) is 5.73 Å². The van der Waals surface area contributed by atoms with Gasteiger partial charge < -0.3 is 15.2 Å². The van der Waals surface area contributed by atoms with Crippen LogP contribution < -0.4 is 10.5 Å². The lowest BCUT2D eigenvalue weighted by Crippen LogP contribution is -2.23. The molecule has 1 aromatic rings. The molecule has 0 aliphatic heterocycles. The van der Waals surface area contributed by atoms with Gasteiger partial charge in [-0.1, -0.05) is 12.1 Å². The lowest BCUT2D eigenvalue weighted by atomic mass is 10.1. The van der Waals surface area contributed by atoms with Gasteiger partial charge in [-0.2, -0.15) is 13.2 Å². The van der Waals surface area contributed by atoms with Crippen LogP contribution in [0.1, 0.15) is 24.4 Å². The van der Waals surface area contributed by atoms with Gasteiger partial charge in [0.25, 0.3) is 0 Å². The highest BCUT2D eigenvalue weighted by molar-refractivity contribution is 5.29. The van der Waals surface area contributed by atoms with Gasteiger partial charge in [0.05, 0.1) is 18.8 Å². The number of benzene rings is 1. The maximum atomic E-state index is 11.9. The van der Waals surface area contributed by atoms with Gasteiger partial charge in [0.2, 0.25) is 0 Å². The molecule has 3 nitrogen and oxygen atoms in total. The molecule has 0 aromatic heterocycles. The Morgan fingerprint density at radius 1 is 1.21 bits per heavy atom. The summed E-state index contributed by atoms with van der Waals surface area (Å²) in [6, 6.07) is 6.48. The average Bonchev–Trinajstić information content (AvgIpc) is 3.12. The number of hydrogen-bond acceptors (Lipinski definition) is 3. The molecule has 2 N–H and O–H groups in total. The first kappa shape index (κ1) is 14.1. The molecule has 0 amide bonds. The summed E-state index contributed by atoms with van der Waals surface area (Å²) >= 11 is 0. The Balaban J connectivity index is 1.79. The van der Waals surface area contributed by atoms with Crippen LogP contribution in [0.3, 0.4) is 0 Å². The third-order valence-corrected chi connectivity index (χ3v) is 2.70. The fraction of sp³-hybridized carbons (Fsp3) is 0.538. The van der Waals surface area contributed by atoms with Crippen molar-refractivity contribution in [1.29, 1.82) is 0 Å². The van der Waals surface area contributed by atoms with Crippen LogP contribution in [-0.2, 0) is 4.74 Å². The summed E-state index contributed by atoms with van der Waals surface area (Å²) in [7, 11) is 0. The minimum atomic E-state index is -4.32. The van der Waals surface area contributed by atoms with Crippen molar-refractivity contribution < 1.29 is 22.6 Å². The molecule has 2 rings (SSSR count). The Labute approximate surface area is 109 Å². The van der Waals surface area contributed by atoms with Crippen LogP contribution in [0.5, 0.6) is 5.75 Å². The van der Waals surface area contributed by atoms with Gasteiger partial charge in [-0.15, -0.1) is 0 Å². The highest BCUT2D eigenvalue weighted by Crippen LogP contribution is 2.27. The van der Waals surface area contributed by atoms with E-state index in [1.54, 1.807) is 24.3 Å². The Kier molecular flexibility index (Phi) is 4.31. The van der Waals surface area contributed by atoms with Crippen LogP contribution in [0.15, 0.2) is 24.3 Å². The van der Waals surface area contributed by atoms with Crippen molar-refractivity contribution in [2.75, 3.05) is 13.2 Å². The van der Waals surface area contributed by atoms with Gasteiger partial charge in [0.1, 0.15) is 12.4 Å². The van der Waals surface area contributed by atoms with Crippen molar-refractivity contribution >= 4 is 0 Å². The summed E-state index contributed by atoms with van der Waals surface area (Å²) in [4.78, 5) is 0. The molecule has 1 saturated carbocycles. The first-order valence-electron chi connectivity index (χ1n) is 6.11. The highest BCUT2D eigenvalue weighted by Gasteiger charge is 2.27. The topological polar surface area (TPSA) is 44.5 Å². The Bertz CT molecular complexity index is 401. The molecule has 0 saturated heterocycles. The average molecular weight is 275 g/mol. The predicted molar refractivity (Wildman–Crippen MR) is 63.9 cm³/mol. The van der Waals surface area contributed by atoms with Crippen LogP contribution in [0.4, 0.5) is 13.2 Å². The zero-order valence-electron chi connectivity index (χ0n) is 10.3. The molecule has 6 heteroatoms. The van der Waals surface area contributed by atoms with Crippen molar-refractivity contribution in [3.8, 4) is 5.75 Å². The molecule has 1 aliphatic carbocycles. The van der Waals surface area contributed by atoms with Gasteiger partial charge >= 0.3 is 6.18 Å². The summed E-state index contributed by atoms with van der Waals surface area (Å²) in [6.07, 6.45) is -1.85. The summed E-state index contributed by atoms with van der Waals surface area (Å²) in [6.45, 7) is -1.44. The van der Waals surface area contributed by atoms with Crippen LogP contribution in [0.2, 0.25) is 0 Å². The van der Waals surface area contributed by atoms with Gasteiger partial charge in [-0.05, 0) is 30.5 Å². The van der Waals surface area contributed by atoms with Crippen molar-refractivity contribution in [3.63, 3.8) is 0 Å². The van der Waals surface area contributed by atoms with E-state index in [-0.39, 0.29) is 6.61 Å². The summed E-state index contributed by atoms with van der Waals surface area (Å²) in [5.74, 6) is 0.759. The molecule has 0 spiro atoms. The van der Waals surface area contributed by atoms with Crippen molar-refractivity contribution in [1.82, 2.24) is 0 Å². The number of alkyl halides is 3. The summed E-state index contributed by atoms with van der Waals surface area (Å²) < 4.78 is 45.8. The van der Waals surface area contributed by atoms with Gasteiger partial charge in [-0.3, -0.25) is 0 Å². The zero-order valence-corrected chi connectivity index (χ0v) is 10.3. The van der Waals surface area contributed by atoms with E-state index in [0.717, 1.165) is 24.2 Å². The minimum absolute atomic E-state index is 0.164. The first-order valence-corrected chi connectivity index (χ1v) is 6.11. The smallest absolute Gasteiger partial charge is 0.411 e. The second-order valence-electron chi connectivity index (χ2n) is 4.62. The van der Waals surface area contributed by atoms with E-state index < -0.39 is 18.8 Å². The fourth-order valence-corrected chi connectivity index (χ4v) is 1.57. The molecular weight excluding hydrogens is 259 g/mol. The van der Waals surface area contributed by atoms with Gasteiger partial charge in [0, 0.05) is 0 Å². The number of ether oxygens (including phenoxy) is 2. The minimum Gasteiger partial charge on any atom is -0.490 e.